The zero-order valence-corrected chi connectivity index (χ0v) is 11.4. The van der Waals surface area contributed by atoms with Crippen molar-refractivity contribution >= 4 is 22.6 Å². The van der Waals surface area contributed by atoms with Crippen LogP contribution in [0.4, 0.5) is 4.39 Å². The summed E-state index contributed by atoms with van der Waals surface area (Å²) in [7, 11) is 0. The average molecular weight is 326 g/mol. The second-order valence-corrected chi connectivity index (χ2v) is 5.14. The summed E-state index contributed by atoms with van der Waals surface area (Å²) >= 11 is 2.14. The zero-order valence-electron chi connectivity index (χ0n) is 9.22. The van der Waals surface area contributed by atoms with Crippen LogP contribution in [0.15, 0.2) is 36.4 Å². The van der Waals surface area contributed by atoms with Gasteiger partial charge in [0.15, 0.2) is 0 Å². The maximum Gasteiger partial charge on any atom is 0.132 e. The highest BCUT2D eigenvalue weighted by Gasteiger charge is 2.11. The number of hydrogen-bond donors (Lipinski definition) is 0. The third-order valence-corrected chi connectivity index (χ3v) is 3.29. The van der Waals surface area contributed by atoms with Crippen molar-refractivity contribution in [3.8, 4) is 11.1 Å². The van der Waals surface area contributed by atoms with Gasteiger partial charge in [-0.2, -0.15) is 0 Å². The summed E-state index contributed by atoms with van der Waals surface area (Å²) in [6, 6.07) is 11.5. The van der Waals surface area contributed by atoms with Gasteiger partial charge < -0.3 is 0 Å². The van der Waals surface area contributed by atoms with E-state index in [0.717, 1.165) is 25.8 Å². The second kappa shape index (κ2) is 4.53. The Bertz CT molecular complexity index is 509. The number of rotatable bonds is 1. The lowest BCUT2D eigenvalue weighted by Crippen LogP contribution is -1.92. The number of halogens is 2. The van der Waals surface area contributed by atoms with E-state index in [-0.39, 0.29) is 5.82 Å². The summed E-state index contributed by atoms with van der Waals surface area (Å²) in [5, 5.41) is 0. The molecule has 0 amide bonds. The van der Waals surface area contributed by atoms with Crippen molar-refractivity contribution in [3.05, 3.63) is 56.9 Å². The van der Waals surface area contributed by atoms with Gasteiger partial charge in [-0.15, -0.1) is 0 Å². The molecule has 0 aromatic heterocycles. The first-order chi connectivity index (χ1) is 7.59. The fourth-order valence-electron chi connectivity index (χ4n) is 1.90. The molecule has 0 aliphatic rings. The molecule has 0 nitrogen and oxygen atoms in total. The molecule has 0 N–H and O–H groups in total. The van der Waals surface area contributed by atoms with Gasteiger partial charge in [0, 0.05) is 9.13 Å². The van der Waals surface area contributed by atoms with Crippen LogP contribution in [0.2, 0.25) is 0 Å². The van der Waals surface area contributed by atoms with Crippen LogP contribution >= 0.6 is 22.6 Å². The van der Waals surface area contributed by atoms with Crippen LogP contribution in [0, 0.1) is 23.2 Å². The van der Waals surface area contributed by atoms with Gasteiger partial charge in [0.2, 0.25) is 0 Å². The quantitative estimate of drug-likeness (QED) is 0.666. The molecule has 0 saturated carbocycles. The Labute approximate surface area is 109 Å². The van der Waals surface area contributed by atoms with Crippen LogP contribution in [0.5, 0.6) is 0 Å². The lowest BCUT2D eigenvalue weighted by atomic mass is 9.96. The summed E-state index contributed by atoms with van der Waals surface area (Å²) in [5.74, 6) is -0.140. The normalized spacial score (nSPS) is 10.5. The fraction of sp³-hybridized carbons (Fsp3) is 0.143. The highest BCUT2D eigenvalue weighted by atomic mass is 127. The van der Waals surface area contributed by atoms with Gasteiger partial charge in [0.1, 0.15) is 5.82 Å². The summed E-state index contributed by atoms with van der Waals surface area (Å²) in [6.07, 6.45) is 0. The molecule has 0 heterocycles. The van der Waals surface area contributed by atoms with Gasteiger partial charge in [-0.25, -0.2) is 4.39 Å². The first kappa shape index (κ1) is 11.6. The Morgan fingerprint density at radius 1 is 1.00 bits per heavy atom. The molecule has 0 atom stereocenters. The van der Waals surface area contributed by atoms with Crippen LogP contribution < -0.4 is 0 Å². The Morgan fingerprint density at radius 3 is 2.31 bits per heavy atom. The van der Waals surface area contributed by atoms with Crippen molar-refractivity contribution < 1.29 is 4.39 Å². The van der Waals surface area contributed by atoms with Gasteiger partial charge in [0.25, 0.3) is 0 Å². The Hall–Kier alpha value is -0.900. The van der Waals surface area contributed by atoms with E-state index in [1.54, 1.807) is 6.07 Å². The maximum atomic E-state index is 14.0. The van der Waals surface area contributed by atoms with Crippen molar-refractivity contribution in [3.63, 3.8) is 0 Å². The molecule has 2 rings (SSSR count). The molecule has 0 saturated heterocycles. The summed E-state index contributed by atoms with van der Waals surface area (Å²) < 4.78 is 14.9. The standard InChI is InChI=1S/C14H12FI/c1-9-5-3-4-6-12(9)14-10(2)7-11(16)8-13(14)15/h3-8H,1-2H3. The smallest absolute Gasteiger partial charge is 0.132 e. The first-order valence-electron chi connectivity index (χ1n) is 5.11. The second-order valence-electron chi connectivity index (χ2n) is 3.89. The molecule has 2 heteroatoms. The minimum absolute atomic E-state index is 0.140. The molecule has 0 radical (unpaired) electrons. The molecule has 2 aromatic carbocycles. The molecule has 2 aromatic rings. The van der Waals surface area contributed by atoms with E-state index in [0.29, 0.717) is 0 Å². The molecule has 0 spiro atoms. The average Bonchev–Trinajstić information content (AvgIpc) is 2.19. The van der Waals surface area contributed by atoms with E-state index >= 15 is 0 Å². The van der Waals surface area contributed by atoms with Gasteiger partial charge in [-0.1, -0.05) is 24.3 Å². The molecule has 0 unspecified atom stereocenters. The van der Waals surface area contributed by atoms with Crippen molar-refractivity contribution in [1.82, 2.24) is 0 Å². The molecule has 0 aliphatic heterocycles. The summed E-state index contributed by atoms with van der Waals surface area (Å²) in [6.45, 7) is 3.96. The van der Waals surface area contributed by atoms with Gasteiger partial charge >= 0.3 is 0 Å². The zero-order chi connectivity index (χ0) is 11.7. The third-order valence-electron chi connectivity index (χ3n) is 2.67. The van der Waals surface area contributed by atoms with Crippen LogP contribution in [-0.4, -0.2) is 0 Å². The molecule has 0 bridgehead atoms. The van der Waals surface area contributed by atoms with Crippen LogP contribution in [0.3, 0.4) is 0 Å². The van der Waals surface area contributed by atoms with E-state index in [1.807, 2.05) is 44.2 Å². The Morgan fingerprint density at radius 2 is 1.69 bits per heavy atom. The topological polar surface area (TPSA) is 0 Å². The minimum Gasteiger partial charge on any atom is -0.206 e. The van der Waals surface area contributed by atoms with Crippen molar-refractivity contribution in [2.45, 2.75) is 13.8 Å². The highest BCUT2D eigenvalue weighted by molar-refractivity contribution is 14.1. The van der Waals surface area contributed by atoms with Crippen molar-refractivity contribution in [2.75, 3.05) is 0 Å². The van der Waals surface area contributed by atoms with E-state index in [2.05, 4.69) is 22.6 Å². The van der Waals surface area contributed by atoms with Gasteiger partial charge in [-0.3, -0.25) is 0 Å². The lowest BCUT2D eigenvalue weighted by Gasteiger charge is -2.11. The molecule has 82 valence electrons. The van der Waals surface area contributed by atoms with Crippen LogP contribution in [0.1, 0.15) is 11.1 Å². The fourth-order valence-corrected chi connectivity index (χ4v) is 2.64. The number of hydrogen-bond acceptors (Lipinski definition) is 0. The van der Waals surface area contributed by atoms with Gasteiger partial charge in [0.05, 0.1) is 0 Å². The van der Waals surface area contributed by atoms with E-state index in [1.165, 1.54) is 0 Å². The summed E-state index contributed by atoms with van der Waals surface area (Å²) in [4.78, 5) is 0. The van der Waals surface area contributed by atoms with E-state index in [4.69, 9.17) is 0 Å². The van der Waals surface area contributed by atoms with Crippen molar-refractivity contribution in [1.29, 1.82) is 0 Å². The molecular weight excluding hydrogens is 314 g/mol. The molecule has 0 aliphatic carbocycles. The number of aryl methyl sites for hydroxylation is 2. The molecule has 0 fully saturated rings. The van der Waals surface area contributed by atoms with Crippen LogP contribution in [-0.2, 0) is 0 Å². The SMILES string of the molecule is Cc1ccccc1-c1c(C)cc(I)cc1F. The van der Waals surface area contributed by atoms with Gasteiger partial charge in [-0.05, 0) is 65.3 Å². The molecular formula is C14H12FI. The largest absolute Gasteiger partial charge is 0.206 e. The predicted molar refractivity (Wildman–Crippen MR) is 74.0 cm³/mol. The van der Waals surface area contributed by atoms with E-state index in [9.17, 15) is 4.39 Å². The monoisotopic (exact) mass is 326 g/mol. The van der Waals surface area contributed by atoms with Crippen molar-refractivity contribution in [2.24, 2.45) is 0 Å². The Kier molecular flexibility index (Phi) is 3.28. The Balaban J connectivity index is 2.70. The van der Waals surface area contributed by atoms with Crippen LogP contribution in [0.25, 0.3) is 11.1 Å². The maximum absolute atomic E-state index is 14.0. The highest BCUT2D eigenvalue weighted by Crippen LogP contribution is 2.30. The predicted octanol–water partition coefficient (Wildman–Crippen LogP) is 4.71. The molecule has 16 heavy (non-hydrogen) atoms. The number of benzene rings is 2. The first-order valence-corrected chi connectivity index (χ1v) is 6.19. The lowest BCUT2D eigenvalue weighted by molar-refractivity contribution is 0.629. The third kappa shape index (κ3) is 2.12. The van der Waals surface area contributed by atoms with E-state index < -0.39 is 0 Å². The minimum atomic E-state index is -0.140. The summed E-state index contributed by atoms with van der Waals surface area (Å²) in [5.41, 5.74) is 3.79.